The van der Waals surface area contributed by atoms with Crippen molar-refractivity contribution in [2.75, 3.05) is 18.6 Å². The van der Waals surface area contributed by atoms with Crippen LogP contribution in [0.3, 0.4) is 0 Å². The lowest BCUT2D eigenvalue weighted by Crippen LogP contribution is -2.29. The maximum atomic E-state index is 13.8. The van der Waals surface area contributed by atoms with E-state index in [4.69, 9.17) is 9.47 Å². The highest BCUT2D eigenvalue weighted by atomic mass is 32.2. The minimum Gasteiger partial charge on any atom is -0.496 e. The van der Waals surface area contributed by atoms with Gasteiger partial charge in [0, 0.05) is 23.4 Å². The average molecular weight is 495 g/mol. The van der Waals surface area contributed by atoms with E-state index in [1.807, 2.05) is 6.92 Å². The number of carbonyl (C=O) groups excluding carboxylic acids is 1. The molecule has 0 spiro atoms. The summed E-state index contributed by atoms with van der Waals surface area (Å²) in [5.41, 5.74) is 0.541. The van der Waals surface area contributed by atoms with Crippen LogP contribution >= 0.6 is 0 Å². The molecule has 0 saturated carbocycles. The zero-order valence-corrected chi connectivity index (χ0v) is 19.8. The molecule has 0 aromatic heterocycles. The van der Waals surface area contributed by atoms with Crippen molar-refractivity contribution in [3.05, 3.63) is 98.9 Å². The van der Waals surface area contributed by atoms with Gasteiger partial charge >= 0.3 is 0 Å². The SMILES string of the molecule is CCOc1ccc(N2C(=O)/C(=C\c3ccccc3OC)S(=O)(=O)C2c2cccc([N+](=O)[O-])c2)cc1. The van der Waals surface area contributed by atoms with Crippen molar-refractivity contribution in [2.24, 2.45) is 0 Å². The van der Waals surface area contributed by atoms with Crippen LogP contribution in [0.2, 0.25) is 0 Å². The van der Waals surface area contributed by atoms with Crippen molar-refractivity contribution in [2.45, 2.75) is 12.3 Å². The number of non-ortho nitro benzene ring substituents is 1. The zero-order chi connectivity index (χ0) is 25.2. The van der Waals surface area contributed by atoms with E-state index in [1.54, 1.807) is 48.5 Å². The summed E-state index contributed by atoms with van der Waals surface area (Å²) in [4.78, 5) is 25.0. The predicted molar refractivity (Wildman–Crippen MR) is 131 cm³/mol. The van der Waals surface area contributed by atoms with Crippen molar-refractivity contribution in [1.82, 2.24) is 0 Å². The molecule has 3 aromatic carbocycles. The van der Waals surface area contributed by atoms with Crippen LogP contribution in [0.1, 0.15) is 23.4 Å². The fraction of sp³-hybridized carbons (Fsp3) is 0.160. The molecule has 4 rings (SSSR count). The van der Waals surface area contributed by atoms with E-state index in [2.05, 4.69) is 0 Å². The van der Waals surface area contributed by atoms with Crippen LogP contribution in [0.4, 0.5) is 11.4 Å². The van der Waals surface area contributed by atoms with Gasteiger partial charge in [0.25, 0.3) is 11.6 Å². The first-order chi connectivity index (χ1) is 16.8. The lowest BCUT2D eigenvalue weighted by atomic mass is 10.1. The van der Waals surface area contributed by atoms with E-state index >= 15 is 0 Å². The third-order valence-electron chi connectivity index (χ3n) is 5.48. The molecular formula is C25H22N2O7S. The highest BCUT2D eigenvalue weighted by Gasteiger charge is 2.50. The van der Waals surface area contributed by atoms with E-state index < -0.39 is 30.9 Å². The summed E-state index contributed by atoms with van der Waals surface area (Å²) >= 11 is 0. The second-order valence-corrected chi connectivity index (χ2v) is 9.58. The molecule has 10 heteroatoms. The Kier molecular flexibility index (Phi) is 6.57. The molecule has 180 valence electrons. The summed E-state index contributed by atoms with van der Waals surface area (Å²) < 4.78 is 38.3. The molecule has 1 saturated heterocycles. The third kappa shape index (κ3) is 4.47. The molecular weight excluding hydrogens is 472 g/mol. The molecule has 0 N–H and O–H groups in total. The topological polar surface area (TPSA) is 116 Å². The largest absolute Gasteiger partial charge is 0.496 e. The Hall–Kier alpha value is -4.18. The quantitative estimate of drug-likeness (QED) is 0.270. The molecule has 3 aromatic rings. The second-order valence-electron chi connectivity index (χ2n) is 7.60. The molecule has 0 bridgehead atoms. The highest BCUT2D eigenvalue weighted by molar-refractivity contribution is 7.97. The lowest BCUT2D eigenvalue weighted by Gasteiger charge is -2.23. The van der Waals surface area contributed by atoms with E-state index in [1.165, 1.54) is 37.5 Å². The number of rotatable bonds is 7. The molecule has 1 aliphatic rings. The maximum absolute atomic E-state index is 13.8. The van der Waals surface area contributed by atoms with Crippen LogP contribution < -0.4 is 14.4 Å². The third-order valence-corrected chi connectivity index (χ3v) is 7.46. The first kappa shape index (κ1) is 24.0. The number of para-hydroxylation sites is 1. The van der Waals surface area contributed by atoms with Crippen LogP contribution in [0.25, 0.3) is 6.08 Å². The van der Waals surface area contributed by atoms with Crippen molar-refractivity contribution in [1.29, 1.82) is 0 Å². The summed E-state index contributed by atoms with van der Waals surface area (Å²) in [7, 11) is -2.84. The van der Waals surface area contributed by atoms with Crippen LogP contribution in [-0.2, 0) is 14.6 Å². The van der Waals surface area contributed by atoms with E-state index in [0.29, 0.717) is 29.4 Å². The normalized spacial score (nSPS) is 18.0. The number of methoxy groups -OCH3 is 1. The Morgan fingerprint density at radius 2 is 1.77 bits per heavy atom. The molecule has 1 fully saturated rings. The first-order valence-corrected chi connectivity index (χ1v) is 12.2. The van der Waals surface area contributed by atoms with Gasteiger partial charge in [-0.25, -0.2) is 8.42 Å². The van der Waals surface area contributed by atoms with Gasteiger partial charge < -0.3 is 9.47 Å². The Labute approximate surface area is 202 Å². The van der Waals surface area contributed by atoms with E-state index in [-0.39, 0.29) is 11.3 Å². The Bertz CT molecular complexity index is 1420. The van der Waals surface area contributed by atoms with Crippen molar-refractivity contribution >= 4 is 33.2 Å². The molecule has 35 heavy (non-hydrogen) atoms. The summed E-state index contributed by atoms with van der Waals surface area (Å²) in [5.74, 6) is 0.202. The summed E-state index contributed by atoms with van der Waals surface area (Å²) in [6.07, 6.45) is 1.27. The number of hydrogen-bond acceptors (Lipinski definition) is 7. The minimum absolute atomic E-state index is 0.102. The Morgan fingerprint density at radius 3 is 2.43 bits per heavy atom. The van der Waals surface area contributed by atoms with Gasteiger partial charge in [-0.3, -0.25) is 19.8 Å². The number of carbonyl (C=O) groups is 1. The van der Waals surface area contributed by atoms with Gasteiger partial charge in [0.15, 0.2) is 5.37 Å². The van der Waals surface area contributed by atoms with Gasteiger partial charge in [-0.2, -0.15) is 0 Å². The molecule has 9 nitrogen and oxygen atoms in total. The van der Waals surface area contributed by atoms with Gasteiger partial charge in [-0.05, 0) is 48.9 Å². The van der Waals surface area contributed by atoms with Gasteiger partial charge in [0.05, 0.1) is 18.6 Å². The summed E-state index contributed by atoms with van der Waals surface area (Å²) in [6.45, 7) is 2.27. The maximum Gasteiger partial charge on any atom is 0.271 e. The Morgan fingerprint density at radius 1 is 1.06 bits per heavy atom. The number of anilines is 1. The number of amides is 1. The molecule has 1 unspecified atom stereocenters. The number of ether oxygens (including phenoxy) is 2. The van der Waals surface area contributed by atoms with Gasteiger partial charge in [-0.1, -0.05) is 30.3 Å². The smallest absolute Gasteiger partial charge is 0.271 e. The second kappa shape index (κ2) is 9.59. The van der Waals surface area contributed by atoms with Gasteiger partial charge in [0.2, 0.25) is 9.84 Å². The Balaban J connectivity index is 1.91. The van der Waals surface area contributed by atoms with Crippen molar-refractivity contribution in [3.63, 3.8) is 0 Å². The van der Waals surface area contributed by atoms with E-state index in [0.717, 1.165) is 4.90 Å². The van der Waals surface area contributed by atoms with Crippen molar-refractivity contribution < 1.29 is 27.6 Å². The molecule has 1 aliphatic heterocycles. The van der Waals surface area contributed by atoms with Gasteiger partial charge in [0.1, 0.15) is 16.4 Å². The number of sulfone groups is 1. The monoisotopic (exact) mass is 494 g/mol. The number of benzene rings is 3. The van der Waals surface area contributed by atoms with E-state index in [9.17, 15) is 23.3 Å². The molecule has 0 radical (unpaired) electrons. The fourth-order valence-corrected chi connectivity index (χ4v) is 5.79. The standard InChI is InChI=1S/C25H22N2O7S/c1-3-34-21-13-11-19(12-14-21)26-24(28)23(16-17-7-4-5-10-22(17)33-2)35(31,32)25(26)18-8-6-9-20(15-18)27(29)30/h4-16,25H,3H2,1-2H3/b23-16+. The molecule has 1 heterocycles. The summed E-state index contributed by atoms with van der Waals surface area (Å²) in [5, 5.41) is 9.86. The number of hydrogen-bond donors (Lipinski definition) is 0. The van der Waals surface area contributed by atoms with Crippen LogP contribution in [0, 0.1) is 10.1 Å². The number of nitro benzene ring substituents is 1. The number of nitro groups is 1. The van der Waals surface area contributed by atoms with Crippen LogP contribution in [0.15, 0.2) is 77.7 Å². The fourth-order valence-electron chi connectivity index (χ4n) is 3.92. The predicted octanol–water partition coefficient (Wildman–Crippen LogP) is 4.50. The summed E-state index contributed by atoms with van der Waals surface area (Å²) in [6, 6.07) is 18.4. The highest BCUT2D eigenvalue weighted by Crippen LogP contribution is 2.44. The first-order valence-electron chi connectivity index (χ1n) is 10.7. The van der Waals surface area contributed by atoms with Gasteiger partial charge in [-0.15, -0.1) is 0 Å². The molecule has 0 aliphatic carbocycles. The minimum atomic E-state index is -4.29. The number of nitrogens with zero attached hydrogens (tertiary/aromatic N) is 2. The van der Waals surface area contributed by atoms with Crippen LogP contribution in [-0.4, -0.2) is 33.0 Å². The average Bonchev–Trinajstić information content (AvgIpc) is 3.05. The van der Waals surface area contributed by atoms with Crippen molar-refractivity contribution in [3.8, 4) is 11.5 Å². The molecule has 1 atom stereocenters. The molecule has 1 amide bonds. The zero-order valence-electron chi connectivity index (χ0n) is 19.0. The lowest BCUT2D eigenvalue weighted by molar-refractivity contribution is -0.384. The van der Waals surface area contributed by atoms with Crippen LogP contribution in [0.5, 0.6) is 11.5 Å².